The molecule has 0 atom stereocenters. The van der Waals surface area contributed by atoms with E-state index in [2.05, 4.69) is 72.5 Å². The van der Waals surface area contributed by atoms with Crippen LogP contribution in [0.25, 0.3) is 30.3 Å². The van der Waals surface area contributed by atoms with Gasteiger partial charge in [-0.3, -0.25) is 0 Å². The van der Waals surface area contributed by atoms with Gasteiger partial charge in [0.1, 0.15) is 0 Å². The number of hydrogen-bond donors (Lipinski definition) is 0. The first-order valence-corrected chi connectivity index (χ1v) is 24.6. The average molecular weight is 528 g/mol. The van der Waals surface area contributed by atoms with E-state index in [0.29, 0.717) is 0 Å². The summed E-state index contributed by atoms with van der Waals surface area (Å²) in [4.78, 5) is 6.19. The molecule has 0 N–H and O–H groups in total. The molecule has 4 aromatic rings. The van der Waals surface area contributed by atoms with E-state index in [9.17, 15) is 0 Å². The Morgan fingerprint density at radius 2 is 1.26 bits per heavy atom. The summed E-state index contributed by atoms with van der Waals surface area (Å²) in [5.41, 5.74) is 3.23. The predicted molar refractivity (Wildman–Crippen MR) is 131 cm³/mol. The summed E-state index contributed by atoms with van der Waals surface area (Å²) < 4.78 is 10.1. The van der Waals surface area contributed by atoms with E-state index in [1.807, 2.05) is 22.7 Å². The Bertz CT molecular complexity index is 1300. The summed E-state index contributed by atoms with van der Waals surface area (Å²) in [6.45, 7) is 4.54. The number of rotatable bonds is 0. The second kappa shape index (κ2) is 5.23. The molecule has 0 amide bonds. The van der Waals surface area contributed by atoms with Gasteiger partial charge in [0.15, 0.2) is 0 Å². The Morgan fingerprint density at radius 3 is 2.00 bits per heavy atom. The number of hydrogen-bond acceptors (Lipinski definition) is 3. The van der Waals surface area contributed by atoms with Gasteiger partial charge < -0.3 is 0 Å². The van der Waals surface area contributed by atoms with E-state index in [1.165, 1.54) is 14.5 Å². The molecule has 0 spiro atoms. The molecule has 0 saturated heterocycles. The van der Waals surface area contributed by atoms with Crippen molar-refractivity contribution in [3.8, 4) is 20.9 Å². The van der Waals surface area contributed by atoms with Crippen LogP contribution in [0.2, 0.25) is 23.0 Å². The van der Waals surface area contributed by atoms with Crippen molar-refractivity contribution in [3.05, 3.63) is 34.0 Å². The second-order valence-electron chi connectivity index (χ2n) is 9.15. The zero-order chi connectivity index (χ0) is 18.9. The van der Waals surface area contributed by atoms with Gasteiger partial charge >= 0.3 is 179 Å². The minimum atomic E-state index is -2.25. The normalized spacial score (nSPS) is 17.9. The molecule has 0 bridgehead atoms. The van der Waals surface area contributed by atoms with E-state index in [1.54, 1.807) is 43.2 Å². The standard InChI is InChI=1S/C22H22Ge2S3/c1-11-7-17-20(25-11)13-9-16-14(10-15(13)23(17,3)4)21-19(24(16,5)6)22-18(27-21)8-12(2)26-22/h7-10H,1-6H3. The molecule has 6 rings (SSSR count). The zero-order valence-electron chi connectivity index (χ0n) is 16.5. The summed E-state index contributed by atoms with van der Waals surface area (Å²) in [6, 6.07) is 10.3. The fourth-order valence-electron chi connectivity index (χ4n) is 5.23. The van der Waals surface area contributed by atoms with Gasteiger partial charge in [0.25, 0.3) is 0 Å². The molecule has 136 valence electrons. The first-order chi connectivity index (χ1) is 12.7. The molecule has 0 nitrogen and oxygen atoms in total. The van der Waals surface area contributed by atoms with E-state index in [0.717, 1.165) is 0 Å². The predicted octanol–water partition coefficient (Wildman–Crippen LogP) is 5.25. The molecule has 0 aliphatic carbocycles. The fraction of sp³-hybridized carbons (Fsp3) is 0.273. The van der Waals surface area contributed by atoms with Crippen molar-refractivity contribution in [3.63, 3.8) is 0 Å². The minimum absolute atomic E-state index is 1.46. The number of thiophene rings is 3. The topological polar surface area (TPSA) is 0 Å². The summed E-state index contributed by atoms with van der Waals surface area (Å²) in [5, 5.41) is 0. The van der Waals surface area contributed by atoms with Crippen LogP contribution in [0.4, 0.5) is 0 Å². The van der Waals surface area contributed by atoms with Crippen molar-refractivity contribution in [2.45, 2.75) is 36.9 Å². The third kappa shape index (κ3) is 2.05. The third-order valence-electron chi connectivity index (χ3n) is 6.63. The third-order valence-corrected chi connectivity index (χ3v) is 25.9. The quantitative estimate of drug-likeness (QED) is 0.274. The Labute approximate surface area is 178 Å². The van der Waals surface area contributed by atoms with Crippen LogP contribution in [-0.4, -0.2) is 26.5 Å². The Morgan fingerprint density at radius 1 is 0.630 bits per heavy atom. The van der Waals surface area contributed by atoms with Crippen LogP contribution in [0.3, 0.4) is 0 Å². The van der Waals surface area contributed by atoms with Gasteiger partial charge in [-0.1, -0.05) is 0 Å². The SMILES string of the molecule is Cc1c[c]2c(s1)-c1c[c]3c(c[c]1[Ge]2([CH3])[CH3])-c1sc2cc(C)sc2[c]1[Ge]3([CH3])[CH3]. The monoisotopic (exact) mass is 530 g/mol. The van der Waals surface area contributed by atoms with Gasteiger partial charge in [-0.25, -0.2) is 0 Å². The van der Waals surface area contributed by atoms with Gasteiger partial charge in [-0.2, -0.15) is 0 Å². The van der Waals surface area contributed by atoms with Gasteiger partial charge in [-0.05, 0) is 0 Å². The van der Waals surface area contributed by atoms with Gasteiger partial charge in [0.2, 0.25) is 0 Å². The fourth-order valence-corrected chi connectivity index (χ4v) is 26.9. The van der Waals surface area contributed by atoms with E-state index < -0.39 is 26.5 Å². The molecule has 0 radical (unpaired) electrons. The van der Waals surface area contributed by atoms with Crippen LogP contribution in [0.15, 0.2) is 24.3 Å². The summed E-state index contributed by atoms with van der Waals surface area (Å²) in [7, 11) is 0. The van der Waals surface area contributed by atoms with Crippen LogP contribution >= 0.6 is 34.0 Å². The molecular formula is C22H22Ge2S3. The molecule has 2 aliphatic heterocycles. The number of aryl methyl sites for hydroxylation is 2. The van der Waals surface area contributed by atoms with Gasteiger partial charge in [-0.15, -0.1) is 0 Å². The number of fused-ring (bicyclic) bond motifs is 8. The second-order valence-corrected chi connectivity index (χ2v) is 30.8. The maximum absolute atomic E-state index is 2.67. The first-order valence-electron chi connectivity index (χ1n) is 9.53. The Balaban J connectivity index is 1.69. The molecule has 5 heterocycles. The summed E-state index contributed by atoms with van der Waals surface area (Å²) in [6.07, 6.45) is 0. The van der Waals surface area contributed by atoms with Crippen LogP contribution in [0, 0.1) is 13.8 Å². The van der Waals surface area contributed by atoms with Crippen LogP contribution in [0.1, 0.15) is 9.75 Å². The van der Waals surface area contributed by atoms with Crippen LogP contribution < -0.4 is 17.6 Å². The van der Waals surface area contributed by atoms with Crippen molar-refractivity contribution in [2.75, 3.05) is 0 Å². The average Bonchev–Trinajstić information content (AvgIpc) is 3.30. The van der Waals surface area contributed by atoms with Gasteiger partial charge in [0.05, 0.1) is 0 Å². The molecular weight excluding hydrogens is 506 g/mol. The number of benzene rings is 1. The van der Waals surface area contributed by atoms with Crippen molar-refractivity contribution in [1.82, 2.24) is 0 Å². The Kier molecular flexibility index (Phi) is 3.39. The Hall–Kier alpha value is -0.334. The van der Waals surface area contributed by atoms with Gasteiger partial charge in [0, 0.05) is 0 Å². The molecule has 0 saturated carbocycles. The molecule has 1 aromatic carbocycles. The van der Waals surface area contributed by atoms with E-state index >= 15 is 0 Å². The van der Waals surface area contributed by atoms with Crippen LogP contribution in [-0.2, 0) is 0 Å². The molecule has 27 heavy (non-hydrogen) atoms. The summed E-state index contributed by atoms with van der Waals surface area (Å²) in [5.74, 6) is 10.4. The molecule has 5 heteroatoms. The van der Waals surface area contributed by atoms with E-state index in [4.69, 9.17) is 0 Å². The molecule has 0 fully saturated rings. The van der Waals surface area contributed by atoms with Crippen molar-refractivity contribution in [1.29, 1.82) is 0 Å². The van der Waals surface area contributed by atoms with E-state index in [-0.39, 0.29) is 0 Å². The zero-order valence-corrected chi connectivity index (χ0v) is 23.2. The van der Waals surface area contributed by atoms with Crippen molar-refractivity contribution in [2.24, 2.45) is 0 Å². The van der Waals surface area contributed by atoms with Crippen molar-refractivity contribution < 1.29 is 0 Å². The first kappa shape index (κ1) is 17.5. The molecule has 0 unspecified atom stereocenters. The molecule has 3 aromatic heterocycles. The molecule has 2 aliphatic rings. The summed E-state index contributed by atoms with van der Waals surface area (Å²) >= 11 is 1.73. The maximum atomic E-state index is 2.67. The van der Waals surface area contributed by atoms with Crippen LogP contribution in [0.5, 0.6) is 0 Å². The van der Waals surface area contributed by atoms with Crippen molar-refractivity contribution >= 4 is 87.5 Å².